The zero-order chi connectivity index (χ0) is 30.9. The van der Waals surface area contributed by atoms with Gasteiger partial charge in [0.05, 0.1) is 5.69 Å². The van der Waals surface area contributed by atoms with Crippen molar-refractivity contribution in [1.82, 2.24) is 0 Å². The standard InChI is InChI=1S/C14H22FN.C12H13N.C7H8S.C3H8S/c1-4-9-16-14-8-7-12(10-13(14)15)6-5-11(2)3;1-3-4-11-5-7-12(8-6-11)10(2)9-13;1-8-7-5-3-2-4-6-7;1-2-3-4/h7-8,10-11,16H,4-6,9H2,1-3H3;5-10,13H,1-2H3;2-6H,1H3;4H,2-3H2,1H3. The minimum atomic E-state index is -0.130. The molecule has 0 heterocycles. The van der Waals surface area contributed by atoms with Crippen LogP contribution in [0, 0.1) is 29.0 Å². The van der Waals surface area contributed by atoms with Gasteiger partial charge in [-0.3, -0.25) is 0 Å². The van der Waals surface area contributed by atoms with E-state index in [1.165, 1.54) is 17.5 Å². The minimum Gasteiger partial charge on any atom is -0.383 e. The van der Waals surface area contributed by atoms with Gasteiger partial charge in [0.25, 0.3) is 0 Å². The number of benzene rings is 3. The molecular formula is C36H51FN2S2. The number of hydrogen-bond acceptors (Lipinski definition) is 4. The first-order chi connectivity index (χ1) is 19.8. The Hall–Kier alpha value is -2.68. The zero-order valence-electron chi connectivity index (χ0n) is 26.1. The third-order valence-electron chi connectivity index (χ3n) is 5.77. The van der Waals surface area contributed by atoms with Crippen molar-refractivity contribution in [2.75, 3.05) is 23.9 Å². The lowest BCUT2D eigenvalue weighted by Crippen LogP contribution is -2.02. The molecule has 5 heteroatoms. The maximum absolute atomic E-state index is 13.6. The van der Waals surface area contributed by atoms with Crippen LogP contribution in [0.2, 0.25) is 0 Å². The molecule has 0 saturated carbocycles. The topological polar surface area (TPSA) is 35.9 Å². The lowest BCUT2D eigenvalue weighted by atomic mass is 10.0. The molecule has 1 atom stereocenters. The monoisotopic (exact) mass is 594 g/mol. The third-order valence-corrected chi connectivity index (χ3v) is 6.96. The molecule has 0 amide bonds. The molecule has 3 aromatic carbocycles. The summed E-state index contributed by atoms with van der Waals surface area (Å²) in [6, 6.07) is 23.9. The minimum absolute atomic E-state index is 0.130. The van der Waals surface area contributed by atoms with E-state index in [1.54, 1.807) is 17.8 Å². The fraction of sp³-hybridized carbons (Fsp3) is 0.417. The van der Waals surface area contributed by atoms with Crippen molar-refractivity contribution in [2.24, 2.45) is 5.92 Å². The summed E-state index contributed by atoms with van der Waals surface area (Å²) in [6.45, 7) is 13.2. The first kappa shape index (κ1) is 38.3. The second-order valence-electron chi connectivity index (χ2n) is 9.87. The quantitative estimate of drug-likeness (QED) is 0.0945. The van der Waals surface area contributed by atoms with Gasteiger partial charge in [0.2, 0.25) is 0 Å². The predicted molar refractivity (Wildman–Crippen MR) is 187 cm³/mol. The molecule has 0 aromatic heterocycles. The van der Waals surface area contributed by atoms with Crippen LogP contribution in [0.15, 0.2) is 77.7 Å². The van der Waals surface area contributed by atoms with Gasteiger partial charge in [0, 0.05) is 29.1 Å². The molecular weight excluding hydrogens is 544 g/mol. The lowest BCUT2D eigenvalue weighted by molar-refractivity contribution is 0.582. The van der Waals surface area contributed by atoms with E-state index in [0.717, 1.165) is 48.3 Å². The maximum Gasteiger partial charge on any atom is 0.146 e. The number of aryl methyl sites for hydroxylation is 1. The molecule has 3 aromatic rings. The fourth-order valence-electron chi connectivity index (χ4n) is 3.24. The van der Waals surface area contributed by atoms with Crippen LogP contribution >= 0.6 is 24.4 Å². The Morgan fingerprint density at radius 3 is 2.05 bits per heavy atom. The molecule has 3 rings (SSSR count). The highest BCUT2D eigenvalue weighted by Crippen LogP contribution is 2.18. The molecule has 0 aliphatic carbocycles. The molecule has 0 aliphatic rings. The van der Waals surface area contributed by atoms with Crippen molar-refractivity contribution in [3.05, 3.63) is 95.3 Å². The highest BCUT2D eigenvalue weighted by molar-refractivity contribution is 7.98. The van der Waals surface area contributed by atoms with E-state index < -0.39 is 0 Å². The van der Waals surface area contributed by atoms with Gasteiger partial charge in [-0.25, -0.2) is 4.39 Å². The number of thiol groups is 1. The molecule has 0 saturated heterocycles. The van der Waals surface area contributed by atoms with Gasteiger partial charge in [0.1, 0.15) is 5.82 Å². The van der Waals surface area contributed by atoms with E-state index in [0.29, 0.717) is 11.6 Å². The van der Waals surface area contributed by atoms with Gasteiger partial charge in [0.15, 0.2) is 0 Å². The highest BCUT2D eigenvalue weighted by atomic mass is 32.2. The Morgan fingerprint density at radius 1 is 0.976 bits per heavy atom. The normalized spacial score (nSPS) is 10.3. The largest absolute Gasteiger partial charge is 0.383 e. The molecule has 224 valence electrons. The van der Waals surface area contributed by atoms with E-state index >= 15 is 0 Å². The summed E-state index contributed by atoms with van der Waals surface area (Å²) in [4.78, 5) is 1.33. The van der Waals surface area contributed by atoms with Gasteiger partial charge in [-0.15, -0.1) is 17.7 Å². The van der Waals surface area contributed by atoms with E-state index in [-0.39, 0.29) is 11.7 Å². The van der Waals surface area contributed by atoms with Crippen molar-refractivity contribution in [2.45, 2.75) is 78.0 Å². The Labute approximate surface area is 260 Å². The van der Waals surface area contributed by atoms with Gasteiger partial charge >= 0.3 is 0 Å². The number of hydrogen-bond donors (Lipinski definition) is 3. The van der Waals surface area contributed by atoms with Crippen molar-refractivity contribution in [3.63, 3.8) is 0 Å². The highest BCUT2D eigenvalue weighted by Gasteiger charge is 2.04. The molecule has 0 bridgehead atoms. The van der Waals surface area contributed by atoms with Crippen LogP contribution in [-0.2, 0) is 6.42 Å². The summed E-state index contributed by atoms with van der Waals surface area (Å²) in [7, 11) is 0. The Balaban J connectivity index is 0.000000571. The number of halogens is 1. The Kier molecular flexibility index (Phi) is 23.4. The van der Waals surface area contributed by atoms with Gasteiger partial charge < -0.3 is 10.7 Å². The van der Waals surface area contributed by atoms with E-state index in [2.05, 4.69) is 75.9 Å². The number of thioether (sulfide) groups is 1. The molecule has 1 unspecified atom stereocenters. The van der Waals surface area contributed by atoms with Crippen LogP contribution in [0.25, 0.3) is 0 Å². The van der Waals surface area contributed by atoms with E-state index in [9.17, 15) is 4.39 Å². The third kappa shape index (κ3) is 19.1. The summed E-state index contributed by atoms with van der Waals surface area (Å²) in [5.74, 6) is 7.59. The zero-order valence-corrected chi connectivity index (χ0v) is 27.8. The average molecular weight is 595 g/mol. The van der Waals surface area contributed by atoms with E-state index in [4.69, 9.17) is 5.41 Å². The number of anilines is 1. The van der Waals surface area contributed by atoms with Crippen molar-refractivity contribution in [1.29, 1.82) is 5.41 Å². The lowest BCUT2D eigenvalue weighted by Gasteiger charge is -2.09. The SMILES string of the molecule is CC#Cc1ccc(C(C)C=N)cc1.CCCNc1ccc(CCC(C)C)cc1F.CCCS.CSc1ccccc1. The average Bonchev–Trinajstić information content (AvgIpc) is 3.01. The second-order valence-corrected chi connectivity index (χ2v) is 11.2. The van der Waals surface area contributed by atoms with Crippen LogP contribution in [0.4, 0.5) is 10.1 Å². The molecule has 2 nitrogen and oxygen atoms in total. The first-order valence-electron chi connectivity index (χ1n) is 14.5. The molecule has 0 radical (unpaired) electrons. The van der Waals surface area contributed by atoms with Crippen LogP contribution < -0.4 is 5.32 Å². The summed E-state index contributed by atoms with van der Waals surface area (Å²) in [5.41, 5.74) is 3.91. The summed E-state index contributed by atoms with van der Waals surface area (Å²) in [6.07, 6.45) is 7.79. The molecule has 0 fully saturated rings. The van der Waals surface area contributed by atoms with Crippen molar-refractivity contribution < 1.29 is 4.39 Å². The summed E-state index contributed by atoms with van der Waals surface area (Å²) >= 11 is 5.69. The van der Waals surface area contributed by atoms with Gasteiger partial charge in [-0.1, -0.05) is 76.9 Å². The van der Waals surface area contributed by atoms with Gasteiger partial charge in [-0.2, -0.15) is 12.6 Å². The Morgan fingerprint density at radius 2 is 1.61 bits per heavy atom. The van der Waals surface area contributed by atoms with Crippen LogP contribution in [-0.4, -0.2) is 24.8 Å². The van der Waals surface area contributed by atoms with Crippen LogP contribution in [0.1, 0.15) is 83.4 Å². The number of nitrogens with one attached hydrogen (secondary N) is 2. The molecule has 0 spiro atoms. The van der Waals surface area contributed by atoms with Crippen molar-refractivity contribution >= 4 is 36.3 Å². The molecule has 2 N–H and O–H groups in total. The second kappa shape index (κ2) is 25.1. The van der Waals surface area contributed by atoms with E-state index in [1.807, 2.05) is 68.4 Å². The molecule has 0 aliphatic heterocycles. The van der Waals surface area contributed by atoms with Crippen LogP contribution in [0.5, 0.6) is 0 Å². The fourth-order valence-corrected chi connectivity index (χ4v) is 3.67. The Bertz CT molecular complexity index is 1120. The summed E-state index contributed by atoms with van der Waals surface area (Å²) in [5, 5.41) is 10.2. The van der Waals surface area contributed by atoms with Crippen LogP contribution in [0.3, 0.4) is 0 Å². The predicted octanol–water partition coefficient (Wildman–Crippen LogP) is 10.8. The molecule has 41 heavy (non-hydrogen) atoms. The first-order valence-corrected chi connectivity index (χ1v) is 16.4. The van der Waals surface area contributed by atoms with Crippen molar-refractivity contribution in [3.8, 4) is 11.8 Å². The number of rotatable bonds is 10. The van der Waals surface area contributed by atoms with Gasteiger partial charge in [-0.05, 0) is 98.1 Å². The summed E-state index contributed by atoms with van der Waals surface area (Å²) < 4.78 is 13.6. The smallest absolute Gasteiger partial charge is 0.146 e. The maximum atomic E-state index is 13.6.